The van der Waals surface area contributed by atoms with Gasteiger partial charge in [0, 0.05) is 10.4 Å². The molecule has 0 bridgehead atoms. The number of amides is 3. The third-order valence-corrected chi connectivity index (χ3v) is 8.75. The summed E-state index contributed by atoms with van der Waals surface area (Å²) in [6, 6.07) is 24.8. The Balaban J connectivity index is 1.18. The van der Waals surface area contributed by atoms with Gasteiger partial charge in [-0.3, -0.25) is 19.4 Å². The van der Waals surface area contributed by atoms with Crippen LogP contribution in [0.15, 0.2) is 110 Å². The minimum absolute atomic E-state index is 0.0507. The van der Waals surface area contributed by atoms with E-state index in [0.29, 0.717) is 5.69 Å². The fourth-order valence-electron chi connectivity index (χ4n) is 6.38. The third-order valence-electron chi connectivity index (χ3n) is 8.26. The lowest BCUT2D eigenvalue weighted by molar-refractivity contribution is -0.136. The highest BCUT2D eigenvalue weighted by atomic mass is 79.9. The van der Waals surface area contributed by atoms with Crippen LogP contribution < -0.4 is 4.90 Å². The van der Waals surface area contributed by atoms with E-state index in [1.807, 2.05) is 54.6 Å². The summed E-state index contributed by atoms with van der Waals surface area (Å²) in [5, 5.41) is 16.1. The van der Waals surface area contributed by atoms with Crippen molar-refractivity contribution in [3.63, 3.8) is 0 Å². The number of hydrogen-bond donors (Lipinski definition) is 0. The smallest absolute Gasteiger partial charge is 0.264 e. The van der Waals surface area contributed by atoms with Crippen molar-refractivity contribution in [1.82, 2.24) is 10.0 Å². The van der Waals surface area contributed by atoms with Gasteiger partial charge in [0.1, 0.15) is 6.54 Å². The zero-order valence-electron chi connectivity index (χ0n) is 22.6. The Morgan fingerprint density at radius 1 is 0.929 bits per heavy atom. The number of hydrogen-bond acceptors (Lipinski definition) is 7. The number of hydrazone groups is 1. The summed E-state index contributed by atoms with van der Waals surface area (Å²) >= 11 is 3.40. The van der Waals surface area contributed by atoms with E-state index in [9.17, 15) is 14.4 Å². The molecule has 3 aromatic rings. The molecule has 1 saturated carbocycles. The number of anilines is 1. The van der Waals surface area contributed by atoms with Gasteiger partial charge in [0.2, 0.25) is 0 Å². The van der Waals surface area contributed by atoms with Crippen LogP contribution in [0, 0.1) is 5.92 Å². The average Bonchev–Trinajstić information content (AvgIpc) is 3.67. The first-order valence-electron chi connectivity index (χ1n) is 14.0. The van der Waals surface area contributed by atoms with Crippen molar-refractivity contribution < 1.29 is 14.4 Å². The molecule has 3 aliphatic heterocycles. The molecule has 1 saturated heterocycles. The van der Waals surface area contributed by atoms with Gasteiger partial charge in [0.15, 0.2) is 12.1 Å². The van der Waals surface area contributed by atoms with E-state index in [1.165, 1.54) is 5.01 Å². The Kier molecular flexibility index (Phi) is 6.78. The number of benzene rings is 3. The van der Waals surface area contributed by atoms with E-state index in [4.69, 9.17) is 5.10 Å². The third kappa shape index (κ3) is 4.56. The monoisotopic (exact) mass is 622 g/mol. The molecule has 7 rings (SSSR count). The van der Waals surface area contributed by atoms with Gasteiger partial charge >= 0.3 is 0 Å². The summed E-state index contributed by atoms with van der Waals surface area (Å²) in [5.74, 6) is -1.15. The molecule has 3 amide bonds. The zero-order chi connectivity index (χ0) is 28.8. The van der Waals surface area contributed by atoms with Gasteiger partial charge < -0.3 is 0 Å². The zero-order valence-corrected chi connectivity index (χ0v) is 24.2. The van der Waals surface area contributed by atoms with Gasteiger partial charge in [-0.2, -0.15) is 10.2 Å². The quantitative estimate of drug-likeness (QED) is 0.348. The molecule has 0 radical (unpaired) electrons. The van der Waals surface area contributed by atoms with Crippen LogP contribution in [0.4, 0.5) is 5.69 Å². The van der Waals surface area contributed by atoms with Crippen LogP contribution in [-0.4, -0.2) is 52.1 Å². The topological polar surface area (TPSA) is 98.0 Å². The lowest BCUT2D eigenvalue weighted by Crippen LogP contribution is -2.45. The average molecular weight is 624 g/mol. The molecule has 0 spiro atoms. The van der Waals surface area contributed by atoms with Gasteiger partial charge in [-0.1, -0.05) is 87.9 Å². The number of carbonyl (C=O) groups is 3. The lowest BCUT2D eigenvalue weighted by Gasteiger charge is -2.30. The predicted octanol–water partition coefficient (Wildman–Crippen LogP) is 5.57. The fourth-order valence-corrected chi connectivity index (χ4v) is 6.76. The van der Waals surface area contributed by atoms with Gasteiger partial charge in [0.05, 0.1) is 17.4 Å². The number of nitrogens with zero attached hydrogens (tertiary/aromatic N) is 6. The molecule has 1 aliphatic carbocycles. The molecule has 0 aromatic heterocycles. The van der Waals surface area contributed by atoms with Crippen molar-refractivity contribution in [2.24, 2.45) is 21.4 Å². The predicted molar refractivity (Wildman–Crippen MR) is 161 cm³/mol. The highest BCUT2D eigenvalue weighted by Gasteiger charge is 2.55. The lowest BCUT2D eigenvalue weighted by atomic mass is 9.77. The largest absolute Gasteiger partial charge is 0.271 e. The van der Waals surface area contributed by atoms with E-state index in [-0.39, 0.29) is 24.4 Å². The number of imide groups is 1. The van der Waals surface area contributed by atoms with Crippen LogP contribution in [0.5, 0.6) is 0 Å². The number of allylic oxidation sites excluding steroid dienone is 1. The SMILES string of the molecule is O=C1[C@@H]2N=NN(CC(=O)N3N=C4/C(=C\c5ccccc5)CCC[C@@H]4[C@H]3c3ccccc3)[C@H]2C(=O)N1c1cccc(Br)c1. The molecule has 210 valence electrons. The van der Waals surface area contributed by atoms with Gasteiger partial charge in [0.25, 0.3) is 17.7 Å². The summed E-state index contributed by atoms with van der Waals surface area (Å²) in [6.07, 6.45) is 4.97. The molecular weight excluding hydrogens is 596 g/mol. The minimum Gasteiger partial charge on any atom is -0.271 e. The second-order valence-electron chi connectivity index (χ2n) is 10.8. The summed E-state index contributed by atoms with van der Waals surface area (Å²) in [7, 11) is 0. The van der Waals surface area contributed by atoms with Crippen LogP contribution in [0.3, 0.4) is 0 Å². The molecule has 3 heterocycles. The Morgan fingerprint density at radius 3 is 2.45 bits per heavy atom. The molecule has 3 aromatic carbocycles. The molecule has 9 nitrogen and oxygen atoms in total. The molecule has 42 heavy (non-hydrogen) atoms. The second-order valence-corrected chi connectivity index (χ2v) is 11.8. The normalized spacial score (nSPS) is 25.7. The van der Waals surface area contributed by atoms with Crippen LogP contribution in [0.2, 0.25) is 0 Å². The van der Waals surface area contributed by atoms with Crippen molar-refractivity contribution in [3.05, 3.63) is 106 Å². The summed E-state index contributed by atoms with van der Waals surface area (Å²) in [6.45, 7) is -0.222. The second kappa shape index (κ2) is 10.8. The van der Waals surface area contributed by atoms with Crippen molar-refractivity contribution in [2.45, 2.75) is 37.4 Å². The van der Waals surface area contributed by atoms with Crippen molar-refractivity contribution in [1.29, 1.82) is 0 Å². The van der Waals surface area contributed by atoms with Gasteiger partial charge in [-0.05, 0) is 60.2 Å². The summed E-state index contributed by atoms with van der Waals surface area (Å²) in [5.41, 5.74) is 4.62. The molecule has 4 atom stereocenters. The number of fused-ring (bicyclic) bond motifs is 2. The van der Waals surface area contributed by atoms with Crippen LogP contribution in [0.1, 0.15) is 36.4 Å². The Morgan fingerprint density at radius 2 is 1.69 bits per heavy atom. The number of rotatable bonds is 5. The minimum atomic E-state index is -0.984. The molecule has 0 unspecified atom stereocenters. The Hall–Kier alpha value is -4.44. The summed E-state index contributed by atoms with van der Waals surface area (Å²) < 4.78 is 0.744. The van der Waals surface area contributed by atoms with E-state index in [1.54, 1.807) is 23.2 Å². The number of carbonyl (C=O) groups excluding carboxylic acids is 3. The first kappa shape index (κ1) is 26.5. The first-order valence-corrected chi connectivity index (χ1v) is 14.8. The molecule has 10 heteroatoms. The van der Waals surface area contributed by atoms with Crippen LogP contribution >= 0.6 is 15.9 Å². The van der Waals surface area contributed by atoms with E-state index in [2.05, 4.69) is 44.5 Å². The Labute approximate surface area is 251 Å². The molecular formula is C32H27BrN6O3. The Bertz CT molecular complexity index is 1660. The van der Waals surface area contributed by atoms with Crippen molar-refractivity contribution in [2.75, 3.05) is 11.4 Å². The van der Waals surface area contributed by atoms with Crippen molar-refractivity contribution in [3.8, 4) is 0 Å². The maximum atomic E-state index is 14.0. The molecule has 4 aliphatic rings. The van der Waals surface area contributed by atoms with Crippen LogP contribution in [0.25, 0.3) is 6.08 Å². The van der Waals surface area contributed by atoms with Crippen molar-refractivity contribution >= 4 is 51.1 Å². The highest BCUT2D eigenvalue weighted by molar-refractivity contribution is 9.10. The van der Waals surface area contributed by atoms with Gasteiger partial charge in [-0.15, -0.1) is 0 Å². The maximum absolute atomic E-state index is 14.0. The number of halogens is 1. The molecule has 2 fully saturated rings. The standard InChI is InChI=1S/C32H27BrN6O3/c33-23-14-8-15-24(18-23)38-31(41)28-30(32(38)42)37(36-34-28)19-26(40)39-29(21-11-5-2-6-12-21)25-16-7-13-22(27(25)35-39)17-20-9-3-1-4-10-20/h1-6,8-12,14-15,17-18,25,28-30H,7,13,16,19H2/b22-17-/t25-,28+,29+,30+/m0/s1. The van der Waals surface area contributed by atoms with Gasteiger partial charge in [-0.25, -0.2) is 9.91 Å². The highest BCUT2D eigenvalue weighted by Crippen LogP contribution is 2.44. The van der Waals surface area contributed by atoms with E-state index < -0.39 is 23.9 Å². The summed E-state index contributed by atoms with van der Waals surface area (Å²) in [4.78, 5) is 41.8. The maximum Gasteiger partial charge on any atom is 0.264 e. The molecule has 0 N–H and O–H groups in total. The fraction of sp³-hybridized carbons (Fsp3) is 0.250. The van der Waals surface area contributed by atoms with E-state index >= 15 is 0 Å². The van der Waals surface area contributed by atoms with E-state index in [0.717, 1.165) is 51.0 Å². The van der Waals surface area contributed by atoms with Crippen LogP contribution in [-0.2, 0) is 14.4 Å². The first-order chi connectivity index (χ1) is 20.5.